The van der Waals surface area contributed by atoms with E-state index in [1.807, 2.05) is 19.1 Å². The Kier molecular flexibility index (Phi) is 8.71. The van der Waals surface area contributed by atoms with Crippen LogP contribution in [0.4, 0.5) is 11.4 Å². The third kappa shape index (κ3) is 6.59. The second kappa shape index (κ2) is 11.5. The molecule has 3 rings (SSSR count). The summed E-state index contributed by atoms with van der Waals surface area (Å²) in [5, 5.41) is 3.17. The first kappa shape index (κ1) is 25.7. The van der Waals surface area contributed by atoms with Gasteiger partial charge in [0, 0.05) is 21.7 Å². The fourth-order valence-electron chi connectivity index (χ4n) is 3.03. The molecule has 7 nitrogen and oxygen atoms in total. The van der Waals surface area contributed by atoms with E-state index in [0.717, 1.165) is 4.90 Å². The Balaban J connectivity index is 1.68. The lowest BCUT2D eigenvalue weighted by Gasteiger charge is -2.15. The fourth-order valence-corrected chi connectivity index (χ4v) is 5.18. The minimum atomic E-state index is -3.87. The van der Waals surface area contributed by atoms with E-state index in [9.17, 15) is 13.2 Å². The van der Waals surface area contributed by atoms with Gasteiger partial charge in [0.1, 0.15) is 11.5 Å². The molecule has 0 aliphatic carbocycles. The second-order valence-electron chi connectivity index (χ2n) is 7.15. The number of hydrogen-bond acceptors (Lipinski definition) is 6. The van der Waals surface area contributed by atoms with Gasteiger partial charge in [0.25, 0.3) is 10.0 Å². The van der Waals surface area contributed by atoms with Crippen LogP contribution in [0, 0.1) is 0 Å². The van der Waals surface area contributed by atoms with Gasteiger partial charge in [-0.3, -0.25) is 9.52 Å². The molecule has 0 aliphatic heterocycles. The number of thioether (sulfide) groups is 1. The minimum absolute atomic E-state index is 0.0472. The number of amides is 1. The molecule has 0 radical (unpaired) electrons. The summed E-state index contributed by atoms with van der Waals surface area (Å²) in [6, 6.07) is 18.0. The molecule has 0 heterocycles. The number of benzene rings is 3. The van der Waals surface area contributed by atoms with Crippen molar-refractivity contribution in [2.24, 2.45) is 0 Å². The summed E-state index contributed by atoms with van der Waals surface area (Å²) in [4.78, 5) is 13.7. The number of rotatable bonds is 10. The summed E-state index contributed by atoms with van der Waals surface area (Å²) in [5.41, 5.74) is 0.784. The largest absolute Gasteiger partial charge is 0.497 e. The first-order valence-electron chi connectivity index (χ1n) is 10.3. The topological polar surface area (TPSA) is 93.7 Å². The lowest BCUT2D eigenvalue weighted by Crippen LogP contribution is -2.24. The fraction of sp³-hybridized carbons (Fsp3) is 0.208. The van der Waals surface area contributed by atoms with Crippen molar-refractivity contribution in [3.8, 4) is 11.5 Å². The Hall–Kier alpha value is -2.88. The van der Waals surface area contributed by atoms with Gasteiger partial charge >= 0.3 is 0 Å². The van der Waals surface area contributed by atoms with Gasteiger partial charge in [-0.05, 0) is 67.1 Å². The molecular formula is C24H25ClN2O5S2. The van der Waals surface area contributed by atoms with Crippen LogP contribution in [0.5, 0.6) is 11.5 Å². The van der Waals surface area contributed by atoms with Crippen molar-refractivity contribution in [2.75, 3.05) is 24.3 Å². The third-order valence-corrected chi connectivity index (χ3v) is 7.85. The SMILES string of the molecule is CC[C@H](Sc1ccc(Cl)cc1)C(=O)Nc1ccc(S(=O)(=O)Nc2ccc(OC)cc2OC)cc1. The van der Waals surface area contributed by atoms with E-state index in [1.165, 1.54) is 38.1 Å². The zero-order chi connectivity index (χ0) is 24.7. The highest BCUT2D eigenvalue weighted by molar-refractivity contribution is 8.00. The van der Waals surface area contributed by atoms with Gasteiger partial charge in [-0.15, -0.1) is 11.8 Å². The highest BCUT2D eigenvalue weighted by atomic mass is 35.5. The van der Waals surface area contributed by atoms with E-state index in [0.29, 0.717) is 28.6 Å². The number of ether oxygens (including phenoxy) is 2. The Labute approximate surface area is 208 Å². The first-order valence-corrected chi connectivity index (χ1v) is 13.1. The molecule has 3 aromatic carbocycles. The summed E-state index contributed by atoms with van der Waals surface area (Å²) < 4.78 is 38.6. The molecule has 3 aromatic rings. The van der Waals surface area contributed by atoms with Crippen LogP contribution >= 0.6 is 23.4 Å². The number of anilines is 2. The van der Waals surface area contributed by atoms with Crippen LogP contribution in [-0.2, 0) is 14.8 Å². The van der Waals surface area contributed by atoms with Crippen molar-refractivity contribution in [2.45, 2.75) is 28.4 Å². The van der Waals surface area contributed by atoms with Crippen LogP contribution in [0.25, 0.3) is 0 Å². The number of carbonyl (C=O) groups excluding carboxylic acids is 1. The molecule has 0 saturated carbocycles. The molecule has 180 valence electrons. The third-order valence-electron chi connectivity index (χ3n) is 4.84. The highest BCUT2D eigenvalue weighted by Gasteiger charge is 2.20. The number of sulfonamides is 1. The summed E-state index contributed by atoms with van der Waals surface area (Å²) in [7, 11) is -0.919. The second-order valence-corrected chi connectivity index (χ2v) is 10.5. The molecule has 1 amide bonds. The van der Waals surface area contributed by atoms with Crippen molar-refractivity contribution >= 4 is 50.7 Å². The molecule has 0 fully saturated rings. The van der Waals surface area contributed by atoms with Crippen LogP contribution in [0.1, 0.15) is 13.3 Å². The van der Waals surface area contributed by atoms with E-state index >= 15 is 0 Å². The van der Waals surface area contributed by atoms with Crippen molar-refractivity contribution in [3.63, 3.8) is 0 Å². The van der Waals surface area contributed by atoms with Crippen molar-refractivity contribution in [1.29, 1.82) is 0 Å². The lowest BCUT2D eigenvalue weighted by atomic mass is 10.2. The number of methoxy groups -OCH3 is 2. The van der Waals surface area contributed by atoms with Gasteiger partial charge in [-0.25, -0.2) is 8.42 Å². The number of halogens is 1. The predicted octanol–water partition coefficient (Wildman–Crippen LogP) is 5.67. The minimum Gasteiger partial charge on any atom is -0.497 e. The summed E-state index contributed by atoms with van der Waals surface area (Å²) in [5.74, 6) is 0.703. The number of nitrogens with one attached hydrogen (secondary N) is 2. The summed E-state index contributed by atoms with van der Waals surface area (Å²) >= 11 is 7.36. The number of hydrogen-bond donors (Lipinski definition) is 2. The average molecular weight is 521 g/mol. The molecular weight excluding hydrogens is 496 g/mol. The van der Waals surface area contributed by atoms with E-state index in [2.05, 4.69) is 10.0 Å². The van der Waals surface area contributed by atoms with Crippen molar-refractivity contribution < 1.29 is 22.7 Å². The van der Waals surface area contributed by atoms with Crippen LogP contribution in [0.15, 0.2) is 76.5 Å². The Morgan fingerprint density at radius 2 is 1.68 bits per heavy atom. The highest BCUT2D eigenvalue weighted by Crippen LogP contribution is 2.31. The summed E-state index contributed by atoms with van der Waals surface area (Å²) in [6.07, 6.45) is 0.624. The van der Waals surface area contributed by atoms with Gasteiger partial charge in [0.15, 0.2) is 0 Å². The molecule has 0 aromatic heterocycles. The van der Waals surface area contributed by atoms with Gasteiger partial charge in [-0.2, -0.15) is 0 Å². The maximum Gasteiger partial charge on any atom is 0.262 e. The zero-order valence-corrected chi connectivity index (χ0v) is 21.3. The van der Waals surface area contributed by atoms with E-state index in [-0.39, 0.29) is 21.7 Å². The molecule has 1 atom stereocenters. The van der Waals surface area contributed by atoms with Crippen LogP contribution in [0.3, 0.4) is 0 Å². The van der Waals surface area contributed by atoms with Crippen LogP contribution < -0.4 is 19.5 Å². The van der Waals surface area contributed by atoms with E-state index < -0.39 is 10.0 Å². The molecule has 2 N–H and O–H groups in total. The molecule has 0 bridgehead atoms. The molecule has 0 spiro atoms. The van der Waals surface area contributed by atoms with Gasteiger partial charge in [0.05, 0.1) is 30.1 Å². The average Bonchev–Trinajstić information content (AvgIpc) is 2.84. The normalized spacial score (nSPS) is 12.0. The molecule has 0 unspecified atom stereocenters. The van der Waals surface area contributed by atoms with E-state index in [1.54, 1.807) is 42.5 Å². The predicted molar refractivity (Wildman–Crippen MR) is 137 cm³/mol. The molecule has 0 aliphatic rings. The summed E-state index contributed by atoms with van der Waals surface area (Å²) in [6.45, 7) is 1.93. The Morgan fingerprint density at radius 1 is 1.00 bits per heavy atom. The Morgan fingerprint density at radius 3 is 2.26 bits per heavy atom. The quantitative estimate of drug-likeness (QED) is 0.335. The zero-order valence-electron chi connectivity index (χ0n) is 18.9. The Bertz CT molecular complexity index is 1230. The maximum absolute atomic E-state index is 12.8. The van der Waals surface area contributed by atoms with Crippen molar-refractivity contribution in [1.82, 2.24) is 0 Å². The van der Waals surface area contributed by atoms with Gasteiger partial charge in [-0.1, -0.05) is 18.5 Å². The lowest BCUT2D eigenvalue weighted by molar-refractivity contribution is -0.115. The molecule has 10 heteroatoms. The maximum atomic E-state index is 12.8. The standard InChI is InChI=1S/C24H25ClN2O5S2/c1-4-23(33-19-10-5-16(25)6-11-19)24(28)26-17-7-12-20(13-8-17)34(29,30)27-21-14-9-18(31-2)15-22(21)32-3/h5-15,23,27H,4H2,1-3H3,(H,26,28)/t23-/m0/s1. The van der Waals surface area contributed by atoms with E-state index in [4.69, 9.17) is 21.1 Å². The smallest absolute Gasteiger partial charge is 0.262 e. The first-order chi connectivity index (χ1) is 16.2. The van der Waals surface area contributed by atoms with Crippen LogP contribution in [0.2, 0.25) is 5.02 Å². The van der Waals surface area contributed by atoms with Gasteiger partial charge in [0.2, 0.25) is 5.91 Å². The monoisotopic (exact) mass is 520 g/mol. The van der Waals surface area contributed by atoms with Crippen molar-refractivity contribution in [3.05, 3.63) is 71.8 Å². The van der Waals surface area contributed by atoms with Crippen LogP contribution in [-0.4, -0.2) is 33.8 Å². The molecule has 34 heavy (non-hydrogen) atoms. The molecule has 0 saturated heterocycles. The number of carbonyl (C=O) groups is 1. The van der Waals surface area contributed by atoms with Gasteiger partial charge < -0.3 is 14.8 Å².